The van der Waals surface area contributed by atoms with E-state index in [1.54, 1.807) is 13.8 Å². The van der Waals surface area contributed by atoms with Crippen molar-refractivity contribution in [2.75, 3.05) is 0 Å². The first kappa shape index (κ1) is 28.6. The molecule has 0 radical (unpaired) electrons. The van der Waals surface area contributed by atoms with Gasteiger partial charge in [0.05, 0.1) is 0 Å². The SMILES string of the molecule is C=C(C)C(=O)Oc1ccc(CCc2ccc(CCc3ccc(OC(=O)C(=C)C)c4ccccc34)cc2)c2ccccc12. The van der Waals surface area contributed by atoms with E-state index in [0.29, 0.717) is 22.6 Å². The van der Waals surface area contributed by atoms with E-state index in [0.717, 1.165) is 47.2 Å². The third-order valence-electron chi connectivity index (χ3n) is 7.44. The van der Waals surface area contributed by atoms with E-state index in [2.05, 4.69) is 49.6 Å². The number of carbonyl (C=O) groups excluding carboxylic acids is 2. The number of ether oxygens (including phenoxy) is 2. The average Bonchev–Trinajstić information content (AvgIpc) is 3.00. The van der Waals surface area contributed by atoms with Crippen molar-refractivity contribution < 1.29 is 19.1 Å². The maximum absolute atomic E-state index is 12.1. The van der Waals surface area contributed by atoms with Gasteiger partial charge in [0.25, 0.3) is 0 Å². The molecular formula is C38H34O4. The Morgan fingerprint density at radius 3 is 1.21 bits per heavy atom. The van der Waals surface area contributed by atoms with Crippen LogP contribution < -0.4 is 9.47 Å². The number of hydrogen-bond donors (Lipinski definition) is 0. The van der Waals surface area contributed by atoms with E-state index >= 15 is 0 Å². The lowest BCUT2D eigenvalue weighted by Gasteiger charge is -2.12. The molecule has 0 saturated heterocycles. The van der Waals surface area contributed by atoms with Gasteiger partial charge in [0, 0.05) is 21.9 Å². The van der Waals surface area contributed by atoms with E-state index in [4.69, 9.17) is 9.47 Å². The molecule has 0 aliphatic rings. The van der Waals surface area contributed by atoms with Crippen LogP contribution in [0.2, 0.25) is 0 Å². The Morgan fingerprint density at radius 1 is 0.500 bits per heavy atom. The summed E-state index contributed by atoms with van der Waals surface area (Å²) in [6, 6.07) is 32.7. The minimum absolute atomic E-state index is 0.375. The summed E-state index contributed by atoms with van der Waals surface area (Å²) in [4.78, 5) is 24.2. The van der Waals surface area contributed by atoms with Gasteiger partial charge in [-0.1, -0.05) is 98.1 Å². The van der Waals surface area contributed by atoms with E-state index < -0.39 is 11.9 Å². The van der Waals surface area contributed by atoms with Gasteiger partial charge in [-0.25, -0.2) is 9.59 Å². The predicted octanol–water partition coefficient (Wildman–Crippen LogP) is 8.53. The van der Waals surface area contributed by atoms with Gasteiger partial charge in [-0.05, 0) is 84.7 Å². The normalized spacial score (nSPS) is 10.9. The molecule has 0 amide bonds. The quantitative estimate of drug-likeness (QED) is 0.0986. The Kier molecular flexibility index (Phi) is 8.63. The van der Waals surface area contributed by atoms with Gasteiger partial charge in [0.15, 0.2) is 0 Å². The fourth-order valence-corrected chi connectivity index (χ4v) is 5.09. The lowest BCUT2D eigenvalue weighted by molar-refractivity contribution is -0.130. The van der Waals surface area contributed by atoms with E-state index in [1.165, 1.54) is 22.3 Å². The molecule has 0 unspecified atom stereocenters. The number of hydrogen-bond acceptors (Lipinski definition) is 4. The number of carbonyl (C=O) groups is 2. The van der Waals surface area contributed by atoms with Crippen LogP contribution >= 0.6 is 0 Å². The van der Waals surface area contributed by atoms with E-state index in [-0.39, 0.29) is 0 Å². The van der Waals surface area contributed by atoms with Crippen molar-refractivity contribution in [1.82, 2.24) is 0 Å². The molecule has 0 fully saturated rings. The van der Waals surface area contributed by atoms with Crippen LogP contribution in [-0.2, 0) is 35.3 Å². The van der Waals surface area contributed by atoms with Gasteiger partial charge < -0.3 is 9.47 Å². The highest BCUT2D eigenvalue weighted by molar-refractivity contribution is 5.96. The highest BCUT2D eigenvalue weighted by atomic mass is 16.5. The van der Waals surface area contributed by atoms with Gasteiger partial charge in [-0.15, -0.1) is 0 Å². The van der Waals surface area contributed by atoms with Crippen molar-refractivity contribution in [1.29, 1.82) is 0 Å². The van der Waals surface area contributed by atoms with Crippen molar-refractivity contribution in [3.05, 3.63) is 144 Å². The van der Waals surface area contributed by atoms with Crippen LogP contribution in [0.4, 0.5) is 0 Å². The largest absolute Gasteiger partial charge is 0.423 e. The number of fused-ring (bicyclic) bond motifs is 2. The van der Waals surface area contributed by atoms with Gasteiger partial charge in [-0.2, -0.15) is 0 Å². The molecule has 0 N–H and O–H groups in total. The van der Waals surface area contributed by atoms with Crippen molar-refractivity contribution in [3.8, 4) is 11.5 Å². The van der Waals surface area contributed by atoms with Crippen LogP contribution in [-0.4, -0.2) is 11.9 Å². The molecule has 0 atom stereocenters. The summed E-state index contributed by atoms with van der Waals surface area (Å²) >= 11 is 0. The first-order valence-corrected chi connectivity index (χ1v) is 14.1. The number of aryl methyl sites for hydroxylation is 4. The molecule has 4 nitrogen and oxygen atoms in total. The standard InChI is InChI=1S/C38H34O4/c1-25(2)37(39)41-35-23-21-29(31-9-5-7-11-33(31)35)19-17-27-13-15-28(16-14-27)18-20-30-22-24-36(42-38(40)26(3)4)34-12-8-6-10-32(30)34/h5-16,21-24H,1,3,17-20H2,2,4H3. The molecule has 5 aromatic rings. The molecule has 0 spiro atoms. The van der Waals surface area contributed by atoms with E-state index in [9.17, 15) is 9.59 Å². The molecule has 42 heavy (non-hydrogen) atoms. The zero-order chi connectivity index (χ0) is 29.6. The second-order valence-corrected chi connectivity index (χ2v) is 10.7. The number of esters is 2. The average molecular weight is 555 g/mol. The number of benzene rings is 5. The van der Waals surface area contributed by atoms with Gasteiger partial charge >= 0.3 is 11.9 Å². The molecular weight excluding hydrogens is 520 g/mol. The minimum atomic E-state index is -0.415. The molecule has 5 aromatic carbocycles. The lowest BCUT2D eigenvalue weighted by atomic mass is 9.96. The zero-order valence-corrected chi connectivity index (χ0v) is 24.1. The third kappa shape index (κ3) is 6.50. The van der Waals surface area contributed by atoms with Gasteiger partial charge in [0.1, 0.15) is 11.5 Å². The van der Waals surface area contributed by atoms with Crippen LogP contribution in [0.5, 0.6) is 11.5 Å². The third-order valence-corrected chi connectivity index (χ3v) is 7.44. The summed E-state index contributed by atoms with van der Waals surface area (Å²) in [6.07, 6.45) is 3.57. The molecule has 0 heterocycles. The Labute approximate surface area is 246 Å². The first-order chi connectivity index (χ1) is 20.3. The molecule has 0 bridgehead atoms. The van der Waals surface area contributed by atoms with Gasteiger partial charge in [0.2, 0.25) is 0 Å². The fraction of sp³-hybridized carbons (Fsp3) is 0.158. The Bertz CT molecular complexity index is 1680. The van der Waals surface area contributed by atoms with Crippen LogP contribution in [0.25, 0.3) is 21.5 Å². The maximum Gasteiger partial charge on any atom is 0.338 e. The molecule has 0 aromatic heterocycles. The second kappa shape index (κ2) is 12.7. The summed E-state index contributed by atoms with van der Waals surface area (Å²) < 4.78 is 11.1. The number of rotatable bonds is 10. The van der Waals surface area contributed by atoms with Crippen LogP contribution in [0.3, 0.4) is 0 Å². The lowest BCUT2D eigenvalue weighted by Crippen LogP contribution is -2.08. The molecule has 0 aliphatic carbocycles. The Balaban J connectivity index is 1.25. The highest BCUT2D eigenvalue weighted by Crippen LogP contribution is 2.31. The zero-order valence-electron chi connectivity index (χ0n) is 24.1. The smallest absolute Gasteiger partial charge is 0.338 e. The monoisotopic (exact) mass is 554 g/mol. The molecule has 210 valence electrons. The van der Waals surface area contributed by atoms with Crippen LogP contribution in [0, 0.1) is 0 Å². The van der Waals surface area contributed by atoms with Crippen LogP contribution in [0.1, 0.15) is 36.1 Å². The second-order valence-electron chi connectivity index (χ2n) is 10.7. The van der Waals surface area contributed by atoms with Crippen molar-refractivity contribution in [3.63, 3.8) is 0 Å². The first-order valence-electron chi connectivity index (χ1n) is 14.1. The van der Waals surface area contributed by atoms with Crippen LogP contribution in [0.15, 0.2) is 121 Å². The molecule has 0 aliphatic heterocycles. The topological polar surface area (TPSA) is 52.6 Å². The van der Waals surface area contributed by atoms with Gasteiger partial charge in [-0.3, -0.25) is 0 Å². The molecule has 5 rings (SSSR count). The summed E-state index contributed by atoms with van der Waals surface area (Å²) in [5.41, 5.74) is 5.73. The summed E-state index contributed by atoms with van der Waals surface area (Å²) in [5.74, 6) is 0.286. The Morgan fingerprint density at radius 2 is 0.857 bits per heavy atom. The fourth-order valence-electron chi connectivity index (χ4n) is 5.09. The van der Waals surface area contributed by atoms with E-state index in [1.807, 2.05) is 60.7 Å². The predicted molar refractivity (Wildman–Crippen MR) is 170 cm³/mol. The maximum atomic E-state index is 12.1. The minimum Gasteiger partial charge on any atom is -0.423 e. The summed E-state index contributed by atoms with van der Waals surface area (Å²) in [5, 5.41) is 4.03. The summed E-state index contributed by atoms with van der Waals surface area (Å²) in [6.45, 7) is 10.7. The van der Waals surface area contributed by atoms with Crippen molar-refractivity contribution >= 4 is 33.5 Å². The Hall–Kier alpha value is -4.96. The van der Waals surface area contributed by atoms with Crippen molar-refractivity contribution in [2.24, 2.45) is 0 Å². The van der Waals surface area contributed by atoms with Crippen molar-refractivity contribution in [2.45, 2.75) is 39.5 Å². The summed E-state index contributed by atoms with van der Waals surface area (Å²) in [7, 11) is 0. The molecule has 0 saturated carbocycles. The molecule has 4 heteroatoms. The highest BCUT2D eigenvalue weighted by Gasteiger charge is 2.13.